The van der Waals surface area contributed by atoms with E-state index in [2.05, 4.69) is 36.5 Å². The van der Waals surface area contributed by atoms with Crippen molar-refractivity contribution in [3.63, 3.8) is 0 Å². The molecule has 0 saturated carbocycles. The van der Waals surface area contributed by atoms with E-state index in [1.165, 1.54) is 23.3 Å². The van der Waals surface area contributed by atoms with Gasteiger partial charge < -0.3 is 14.4 Å². The summed E-state index contributed by atoms with van der Waals surface area (Å²) < 4.78 is 10.8. The second-order valence-electron chi connectivity index (χ2n) is 7.59. The highest BCUT2D eigenvalue weighted by Crippen LogP contribution is 2.41. The van der Waals surface area contributed by atoms with Crippen molar-refractivity contribution in [3.05, 3.63) is 42.1 Å². The van der Waals surface area contributed by atoms with Crippen LogP contribution >= 0.6 is 0 Å². The van der Waals surface area contributed by atoms with Crippen LogP contribution in [0.4, 0.5) is 5.69 Å². The number of hydrogen-bond donors (Lipinski definition) is 1. The quantitative estimate of drug-likeness (QED) is 0.780. The SMILES string of the molecule is COC(=O)C1COCC2C[NH+]3C=CC4C(=Nc5ccccc54)C3CC21. The molecular weight excluding hydrogens is 316 g/mol. The molecule has 0 aliphatic carbocycles. The number of fused-ring (bicyclic) bond motifs is 6. The maximum Gasteiger partial charge on any atom is 0.311 e. The molecule has 1 N–H and O–H groups in total. The first-order chi connectivity index (χ1) is 12.3. The summed E-state index contributed by atoms with van der Waals surface area (Å²) in [6.45, 7) is 2.24. The predicted octanol–water partition coefficient (Wildman–Crippen LogP) is 1.09. The zero-order valence-electron chi connectivity index (χ0n) is 14.4. The van der Waals surface area contributed by atoms with Gasteiger partial charge in [0.15, 0.2) is 0 Å². The molecule has 0 spiro atoms. The van der Waals surface area contributed by atoms with E-state index in [4.69, 9.17) is 14.5 Å². The summed E-state index contributed by atoms with van der Waals surface area (Å²) in [4.78, 5) is 18.7. The molecule has 6 unspecified atom stereocenters. The van der Waals surface area contributed by atoms with E-state index in [0.717, 1.165) is 25.3 Å². The largest absolute Gasteiger partial charge is 0.469 e. The van der Waals surface area contributed by atoms with Crippen LogP contribution in [0, 0.1) is 17.8 Å². The fourth-order valence-electron chi connectivity index (χ4n) is 5.18. The number of aliphatic imine (C=N–C) groups is 1. The minimum atomic E-state index is -0.140. The van der Waals surface area contributed by atoms with Crippen LogP contribution in [0.5, 0.6) is 0 Å². The summed E-state index contributed by atoms with van der Waals surface area (Å²) in [5.74, 6) is 0.776. The normalized spacial score (nSPS) is 38.0. The lowest BCUT2D eigenvalue weighted by atomic mass is 9.70. The molecule has 1 aromatic carbocycles. The van der Waals surface area contributed by atoms with E-state index >= 15 is 0 Å². The molecule has 2 fully saturated rings. The van der Waals surface area contributed by atoms with Crippen LogP contribution in [0.3, 0.4) is 0 Å². The Morgan fingerprint density at radius 2 is 2.20 bits per heavy atom. The maximum absolute atomic E-state index is 12.2. The summed E-state index contributed by atoms with van der Waals surface area (Å²) in [5, 5.41) is 0. The van der Waals surface area contributed by atoms with Gasteiger partial charge in [-0.2, -0.15) is 0 Å². The molecular formula is C20H23N2O3+. The van der Waals surface area contributed by atoms with Gasteiger partial charge >= 0.3 is 5.97 Å². The van der Waals surface area contributed by atoms with Crippen molar-refractivity contribution >= 4 is 17.4 Å². The van der Waals surface area contributed by atoms with Crippen molar-refractivity contribution in [2.45, 2.75) is 18.4 Å². The number of para-hydroxylation sites is 1. The van der Waals surface area contributed by atoms with Gasteiger partial charge in [0.1, 0.15) is 6.04 Å². The van der Waals surface area contributed by atoms with E-state index in [0.29, 0.717) is 30.4 Å². The third-order valence-corrected chi connectivity index (χ3v) is 6.41. The van der Waals surface area contributed by atoms with Gasteiger partial charge in [-0.1, -0.05) is 18.2 Å². The van der Waals surface area contributed by atoms with Crippen LogP contribution < -0.4 is 4.90 Å². The first kappa shape index (κ1) is 15.3. The molecule has 130 valence electrons. The molecule has 5 heteroatoms. The average Bonchev–Trinajstić information content (AvgIpc) is 3.04. The third-order valence-electron chi connectivity index (χ3n) is 6.41. The van der Waals surface area contributed by atoms with Gasteiger partial charge in [0.05, 0.1) is 56.3 Å². The number of methoxy groups -OCH3 is 1. The molecule has 4 aliphatic heterocycles. The van der Waals surface area contributed by atoms with Gasteiger partial charge in [-0.25, -0.2) is 0 Å². The Labute approximate surface area is 147 Å². The van der Waals surface area contributed by atoms with Crippen molar-refractivity contribution in [3.8, 4) is 0 Å². The van der Waals surface area contributed by atoms with E-state index in [1.807, 2.05) is 0 Å². The number of nitrogens with one attached hydrogen (secondary N) is 1. The van der Waals surface area contributed by atoms with Gasteiger partial charge in [-0.15, -0.1) is 0 Å². The molecule has 5 nitrogen and oxygen atoms in total. The molecule has 4 heterocycles. The average molecular weight is 339 g/mol. The number of esters is 1. The van der Waals surface area contributed by atoms with E-state index in [-0.39, 0.29) is 11.9 Å². The van der Waals surface area contributed by atoms with Crippen LogP contribution in [0.15, 0.2) is 41.5 Å². The third kappa shape index (κ3) is 2.29. The number of nitrogens with zero attached hydrogens (tertiary/aromatic N) is 1. The molecule has 0 aromatic heterocycles. The van der Waals surface area contributed by atoms with Gasteiger partial charge in [0.25, 0.3) is 0 Å². The number of allylic oxidation sites excluding steroid dienone is 1. The standard InChI is InChI=1S/C20H22N2O3/c1-24-20(23)16-11-25-10-12-9-22-7-6-14-13-4-2-3-5-17(13)21-19(14)18(22)8-15(12)16/h2-7,12,14-16,18H,8-11H2,1H3/p+1. The molecule has 0 amide bonds. The molecule has 0 bridgehead atoms. The highest BCUT2D eigenvalue weighted by Gasteiger charge is 2.51. The van der Waals surface area contributed by atoms with Crippen molar-refractivity contribution in [1.82, 2.24) is 0 Å². The monoisotopic (exact) mass is 339 g/mol. The summed E-state index contributed by atoms with van der Waals surface area (Å²) in [6, 6.07) is 8.78. The van der Waals surface area contributed by atoms with Gasteiger partial charge in [0.2, 0.25) is 0 Å². The van der Waals surface area contributed by atoms with Crippen LogP contribution in [-0.2, 0) is 14.3 Å². The minimum Gasteiger partial charge on any atom is -0.469 e. The van der Waals surface area contributed by atoms with Crippen LogP contribution in [0.2, 0.25) is 0 Å². The number of rotatable bonds is 1. The summed E-state index contributed by atoms with van der Waals surface area (Å²) in [7, 11) is 1.48. The minimum absolute atomic E-state index is 0.127. The fourth-order valence-corrected chi connectivity index (χ4v) is 5.18. The summed E-state index contributed by atoms with van der Waals surface area (Å²) in [6.07, 6.45) is 5.60. The van der Waals surface area contributed by atoms with Crippen LogP contribution in [0.25, 0.3) is 0 Å². The second kappa shape index (κ2) is 5.78. The van der Waals surface area contributed by atoms with Crippen LogP contribution in [-0.4, -0.2) is 44.6 Å². The number of piperidine rings is 1. The highest BCUT2D eigenvalue weighted by molar-refractivity contribution is 6.02. The Morgan fingerprint density at radius 3 is 3.08 bits per heavy atom. The number of ether oxygens (including phenoxy) is 2. The van der Waals surface area contributed by atoms with E-state index in [9.17, 15) is 4.79 Å². The number of quaternary nitrogens is 1. The molecule has 4 aliphatic rings. The number of benzene rings is 1. The molecule has 25 heavy (non-hydrogen) atoms. The zero-order valence-corrected chi connectivity index (χ0v) is 14.4. The van der Waals surface area contributed by atoms with Crippen molar-refractivity contribution < 1.29 is 19.2 Å². The summed E-state index contributed by atoms with van der Waals surface area (Å²) in [5.41, 5.74) is 3.69. The second-order valence-corrected chi connectivity index (χ2v) is 7.59. The lowest BCUT2D eigenvalue weighted by molar-refractivity contribution is -0.876. The smallest absolute Gasteiger partial charge is 0.311 e. The van der Waals surface area contributed by atoms with Gasteiger partial charge in [-0.05, 0) is 23.6 Å². The Balaban J connectivity index is 1.48. The Bertz CT molecular complexity index is 772. The first-order valence-corrected chi connectivity index (χ1v) is 9.13. The molecule has 6 atom stereocenters. The predicted molar refractivity (Wildman–Crippen MR) is 93.0 cm³/mol. The Morgan fingerprint density at radius 1 is 1.32 bits per heavy atom. The van der Waals surface area contributed by atoms with Crippen molar-refractivity contribution in [2.24, 2.45) is 22.7 Å². The number of carbonyl (C=O) groups excluding carboxylic acids is 1. The van der Waals surface area contributed by atoms with Crippen LogP contribution in [0.1, 0.15) is 17.9 Å². The van der Waals surface area contributed by atoms with Gasteiger partial charge in [-0.3, -0.25) is 9.79 Å². The van der Waals surface area contributed by atoms with E-state index in [1.54, 1.807) is 0 Å². The number of hydrogen-bond acceptors (Lipinski definition) is 4. The molecule has 5 rings (SSSR count). The summed E-state index contributed by atoms with van der Waals surface area (Å²) >= 11 is 0. The van der Waals surface area contributed by atoms with E-state index < -0.39 is 0 Å². The maximum atomic E-state index is 12.2. The fraction of sp³-hybridized carbons (Fsp3) is 0.500. The number of carbonyl (C=O) groups is 1. The highest BCUT2D eigenvalue weighted by atomic mass is 16.5. The van der Waals surface area contributed by atoms with Crippen molar-refractivity contribution in [2.75, 3.05) is 26.9 Å². The zero-order chi connectivity index (χ0) is 17.0. The first-order valence-electron chi connectivity index (χ1n) is 9.13. The molecule has 2 saturated heterocycles. The van der Waals surface area contributed by atoms with Gasteiger partial charge in [0, 0.05) is 12.3 Å². The Hall–Kier alpha value is -1.98. The lowest BCUT2D eigenvalue weighted by Crippen LogP contribution is -3.15. The lowest BCUT2D eigenvalue weighted by Gasteiger charge is -2.46. The molecule has 1 aromatic rings. The topological polar surface area (TPSA) is 52.3 Å². The van der Waals surface area contributed by atoms with Crippen molar-refractivity contribution in [1.29, 1.82) is 0 Å². The molecule has 0 radical (unpaired) electrons. The Kier molecular flexibility index (Phi) is 3.54.